The van der Waals surface area contributed by atoms with Crippen molar-refractivity contribution in [1.82, 2.24) is 4.31 Å². The van der Waals surface area contributed by atoms with Gasteiger partial charge in [0.1, 0.15) is 4.21 Å². The fraction of sp³-hybridized carbons (Fsp3) is 0.600. The summed E-state index contributed by atoms with van der Waals surface area (Å²) in [7, 11) is -3.29. The van der Waals surface area contributed by atoms with Gasteiger partial charge in [-0.3, -0.25) is 0 Å². The third kappa shape index (κ3) is 2.09. The number of rotatable bonds is 3. The van der Waals surface area contributed by atoms with E-state index in [0.29, 0.717) is 28.9 Å². The molecule has 0 aromatic carbocycles. The van der Waals surface area contributed by atoms with Crippen LogP contribution in [0.2, 0.25) is 0 Å². The lowest BCUT2D eigenvalue weighted by molar-refractivity contribution is 0.454. The summed E-state index contributed by atoms with van der Waals surface area (Å²) in [5.41, 5.74) is 6.08. The molecule has 1 aliphatic rings. The molecule has 1 aliphatic heterocycles. The van der Waals surface area contributed by atoms with E-state index in [9.17, 15) is 8.42 Å². The fourth-order valence-electron chi connectivity index (χ4n) is 1.94. The average molecular weight is 260 g/mol. The van der Waals surface area contributed by atoms with E-state index in [1.54, 1.807) is 15.8 Å². The number of anilines is 1. The minimum Gasteiger partial charge on any atom is -0.398 e. The number of nitrogens with zero attached hydrogens (tertiary/aromatic N) is 1. The zero-order valence-electron chi connectivity index (χ0n) is 9.22. The summed E-state index contributed by atoms with van der Waals surface area (Å²) in [6.45, 7) is 3.39. The maximum Gasteiger partial charge on any atom is 0.252 e. The Balaban J connectivity index is 2.21. The summed E-state index contributed by atoms with van der Waals surface area (Å²) in [4.78, 5) is 0. The van der Waals surface area contributed by atoms with Crippen LogP contribution in [0.5, 0.6) is 0 Å². The van der Waals surface area contributed by atoms with Gasteiger partial charge in [0.2, 0.25) is 0 Å². The second kappa shape index (κ2) is 4.35. The van der Waals surface area contributed by atoms with E-state index in [4.69, 9.17) is 5.73 Å². The maximum absolute atomic E-state index is 12.2. The summed E-state index contributed by atoms with van der Waals surface area (Å²) in [5.74, 6) is 0.507. The summed E-state index contributed by atoms with van der Waals surface area (Å²) >= 11 is 1.20. The van der Waals surface area contributed by atoms with Crippen LogP contribution in [0, 0.1) is 5.92 Å². The van der Waals surface area contributed by atoms with Gasteiger partial charge in [-0.05, 0) is 18.4 Å². The Labute approximate surface area is 100 Å². The summed E-state index contributed by atoms with van der Waals surface area (Å²) in [6.07, 6.45) is 2.01. The third-order valence-electron chi connectivity index (χ3n) is 3.02. The first kappa shape index (κ1) is 11.9. The Morgan fingerprint density at radius 2 is 2.38 bits per heavy atom. The van der Waals surface area contributed by atoms with E-state index in [1.165, 1.54) is 11.3 Å². The summed E-state index contributed by atoms with van der Waals surface area (Å²) < 4.78 is 26.3. The predicted molar refractivity (Wildman–Crippen MR) is 65.9 cm³/mol. The molecule has 0 amide bonds. The largest absolute Gasteiger partial charge is 0.398 e. The molecule has 1 aromatic heterocycles. The van der Waals surface area contributed by atoms with Gasteiger partial charge in [0.15, 0.2) is 0 Å². The smallest absolute Gasteiger partial charge is 0.252 e. The first-order valence-corrected chi connectivity index (χ1v) is 7.70. The van der Waals surface area contributed by atoms with E-state index in [-0.39, 0.29) is 0 Å². The van der Waals surface area contributed by atoms with Crippen LogP contribution < -0.4 is 5.73 Å². The Morgan fingerprint density at radius 3 is 2.88 bits per heavy atom. The molecule has 90 valence electrons. The van der Waals surface area contributed by atoms with Crippen molar-refractivity contribution in [3.05, 3.63) is 11.4 Å². The Bertz CT molecular complexity index is 467. The van der Waals surface area contributed by atoms with Crippen molar-refractivity contribution < 1.29 is 8.42 Å². The Hall–Kier alpha value is -0.590. The van der Waals surface area contributed by atoms with Crippen LogP contribution in [0.1, 0.15) is 19.8 Å². The van der Waals surface area contributed by atoms with Crippen molar-refractivity contribution in [2.45, 2.75) is 24.0 Å². The van der Waals surface area contributed by atoms with Gasteiger partial charge in [0.05, 0.1) is 0 Å². The molecule has 4 nitrogen and oxygen atoms in total. The molecule has 0 aliphatic carbocycles. The number of hydrogen-bond acceptors (Lipinski definition) is 4. The second-order valence-electron chi connectivity index (χ2n) is 4.13. The van der Waals surface area contributed by atoms with Gasteiger partial charge in [0, 0.05) is 24.2 Å². The molecule has 2 heterocycles. The van der Waals surface area contributed by atoms with Gasteiger partial charge < -0.3 is 5.73 Å². The maximum atomic E-state index is 12.2. The normalized spacial score (nSPS) is 22.7. The standard InChI is InChI=1S/C10H16N2O2S2/c1-2-8-3-4-12(6-8)16(13,14)10-5-9(11)7-15-10/h5,7-8H,2-4,6,11H2,1H3. The highest BCUT2D eigenvalue weighted by molar-refractivity contribution is 7.91. The third-order valence-corrected chi connectivity index (χ3v) is 6.31. The van der Waals surface area contributed by atoms with Crippen LogP contribution >= 0.6 is 11.3 Å². The molecule has 1 aromatic rings. The molecule has 1 atom stereocenters. The SMILES string of the molecule is CCC1CCN(S(=O)(=O)c2cc(N)cs2)C1. The number of sulfonamides is 1. The van der Waals surface area contributed by atoms with Gasteiger partial charge in [-0.15, -0.1) is 11.3 Å². The lowest BCUT2D eigenvalue weighted by Gasteiger charge is -2.14. The average Bonchev–Trinajstić information content (AvgIpc) is 2.85. The Morgan fingerprint density at radius 1 is 1.62 bits per heavy atom. The van der Waals surface area contributed by atoms with E-state index < -0.39 is 10.0 Å². The zero-order chi connectivity index (χ0) is 11.8. The highest BCUT2D eigenvalue weighted by Gasteiger charge is 2.32. The van der Waals surface area contributed by atoms with E-state index in [2.05, 4.69) is 6.92 Å². The fourth-order valence-corrected chi connectivity index (χ4v) is 4.71. The highest BCUT2D eigenvalue weighted by atomic mass is 32.2. The minimum absolute atomic E-state index is 0.363. The van der Waals surface area contributed by atoms with Crippen molar-refractivity contribution in [2.24, 2.45) is 5.92 Å². The molecule has 16 heavy (non-hydrogen) atoms. The molecule has 6 heteroatoms. The Kier molecular flexibility index (Phi) is 3.23. The van der Waals surface area contributed by atoms with Crippen molar-refractivity contribution in [2.75, 3.05) is 18.8 Å². The monoisotopic (exact) mass is 260 g/mol. The highest BCUT2D eigenvalue weighted by Crippen LogP contribution is 2.29. The van der Waals surface area contributed by atoms with Gasteiger partial charge in [-0.1, -0.05) is 13.3 Å². The predicted octanol–water partition coefficient (Wildman–Crippen LogP) is 1.75. The first-order valence-electron chi connectivity index (χ1n) is 5.38. The second-order valence-corrected chi connectivity index (χ2v) is 7.20. The molecular formula is C10H16N2O2S2. The molecule has 0 radical (unpaired) electrons. The van der Waals surface area contributed by atoms with E-state index in [1.807, 2.05) is 0 Å². The molecule has 1 unspecified atom stereocenters. The first-order chi connectivity index (χ1) is 7.54. The molecular weight excluding hydrogens is 244 g/mol. The molecule has 1 fully saturated rings. The molecule has 1 saturated heterocycles. The van der Waals surface area contributed by atoms with Crippen molar-refractivity contribution >= 4 is 27.0 Å². The van der Waals surface area contributed by atoms with Crippen molar-refractivity contribution in [1.29, 1.82) is 0 Å². The number of nitrogen functional groups attached to an aromatic ring is 1. The van der Waals surface area contributed by atoms with Crippen LogP contribution in [0.4, 0.5) is 5.69 Å². The molecule has 0 spiro atoms. The van der Waals surface area contributed by atoms with Crippen LogP contribution in [-0.4, -0.2) is 25.8 Å². The van der Waals surface area contributed by atoms with Gasteiger partial charge >= 0.3 is 0 Å². The number of hydrogen-bond donors (Lipinski definition) is 1. The number of nitrogens with two attached hydrogens (primary N) is 1. The minimum atomic E-state index is -3.29. The van der Waals surface area contributed by atoms with Gasteiger partial charge in [-0.2, -0.15) is 4.31 Å². The topological polar surface area (TPSA) is 63.4 Å². The van der Waals surface area contributed by atoms with Crippen molar-refractivity contribution in [3.8, 4) is 0 Å². The van der Waals surface area contributed by atoms with E-state index >= 15 is 0 Å². The molecule has 0 bridgehead atoms. The van der Waals surface area contributed by atoms with Crippen LogP contribution in [0.25, 0.3) is 0 Å². The summed E-state index contributed by atoms with van der Waals surface area (Å²) in [6, 6.07) is 1.54. The zero-order valence-corrected chi connectivity index (χ0v) is 10.9. The lowest BCUT2D eigenvalue weighted by atomic mass is 10.1. The van der Waals surface area contributed by atoms with Crippen LogP contribution in [-0.2, 0) is 10.0 Å². The van der Waals surface area contributed by atoms with E-state index in [0.717, 1.165) is 12.8 Å². The quantitative estimate of drug-likeness (QED) is 0.900. The van der Waals surface area contributed by atoms with Gasteiger partial charge in [0.25, 0.3) is 10.0 Å². The number of thiophene rings is 1. The van der Waals surface area contributed by atoms with Crippen LogP contribution in [0.15, 0.2) is 15.7 Å². The molecule has 2 N–H and O–H groups in total. The van der Waals surface area contributed by atoms with Gasteiger partial charge in [-0.25, -0.2) is 8.42 Å². The molecule has 0 saturated carbocycles. The summed E-state index contributed by atoms with van der Waals surface area (Å²) in [5, 5.41) is 1.67. The van der Waals surface area contributed by atoms with Crippen LogP contribution in [0.3, 0.4) is 0 Å². The lowest BCUT2D eigenvalue weighted by Crippen LogP contribution is -2.28. The van der Waals surface area contributed by atoms with Crippen molar-refractivity contribution in [3.63, 3.8) is 0 Å². The molecule has 2 rings (SSSR count).